The number of unbranched alkanes of at least 4 members (excludes halogenated alkanes) is 9. The molecule has 0 saturated heterocycles. The molecule has 25 heavy (non-hydrogen) atoms. The number of aliphatic hydroxyl groups excluding tert-OH is 2. The van der Waals surface area contributed by atoms with E-state index >= 15 is 0 Å². The molecule has 146 valence electrons. The third-order valence-corrected chi connectivity index (χ3v) is 6.20. The number of nitrogens with two attached hydrogens (primary N) is 1. The second-order valence-corrected chi connectivity index (χ2v) is 8.73. The van der Waals surface area contributed by atoms with Crippen LogP contribution in [0.4, 0.5) is 0 Å². The number of aryl methyl sites for hydroxylation is 2. The molecule has 0 fully saturated rings. The van der Waals surface area contributed by atoms with Crippen molar-refractivity contribution in [1.82, 2.24) is 0 Å². The van der Waals surface area contributed by atoms with Crippen LogP contribution in [-0.4, -0.2) is 29.0 Å². The topological polar surface area (TPSA) is 66.5 Å². The van der Waals surface area contributed by atoms with Crippen LogP contribution in [0, 0.1) is 0 Å². The van der Waals surface area contributed by atoms with E-state index in [4.69, 9.17) is 5.73 Å². The van der Waals surface area contributed by atoms with Crippen molar-refractivity contribution in [3.63, 3.8) is 0 Å². The summed E-state index contributed by atoms with van der Waals surface area (Å²) in [6.45, 7) is 1.94. The molecule has 0 unspecified atom stereocenters. The quantitative estimate of drug-likeness (QED) is 0.366. The number of hydrogen-bond donors (Lipinski definition) is 3. The van der Waals surface area contributed by atoms with Gasteiger partial charge < -0.3 is 15.9 Å². The highest BCUT2D eigenvalue weighted by Crippen LogP contribution is 2.22. The van der Waals surface area contributed by atoms with Crippen LogP contribution >= 0.6 is 11.3 Å². The lowest BCUT2D eigenvalue weighted by Crippen LogP contribution is -2.47. The zero-order valence-corrected chi connectivity index (χ0v) is 17.0. The van der Waals surface area contributed by atoms with E-state index in [1.807, 2.05) is 11.3 Å². The van der Waals surface area contributed by atoms with Crippen LogP contribution in [0.3, 0.4) is 0 Å². The zero-order chi connectivity index (χ0) is 18.4. The van der Waals surface area contributed by atoms with Gasteiger partial charge in [0, 0.05) is 9.75 Å². The van der Waals surface area contributed by atoms with Crippen LogP contribution in [0.5, 0.6) is 0 Å². The first kappa shape index (κ1) is 22.6. The van der Waals surface area contributed by atoms with Gasteiger partial charge in [0.25, 0.3) is 0 Å². The molecule has 0 amide bonds. The number of aliphatic hydroxyl groups is 2. The van der Waals surface area contributed by atoms with Crippen molar-refractivity contribution >= 4 is 11.3 Å². The summed E-state index contributed by atoms with van der Waals surface area (Å²) >= 11 is 1.86. The largest absolute Gasteiger partial charge is 0.394 e. The summed E-state index contributed by atoms with van der Waals surface area (Å²) in [6.07, 6.45) is 16.4. The fraction of sp³-hybridized carbons (Fsp3) is 0.810. The van der Waals surface area contributed by atoms with Gasteiger partial charge >= 0.3 is 0 Å². The molecule has 0 aromatic carbocycles. The summed E-state index contributed by atoms with van der Waals surface area (Å²) in [5, 5.41) is 18.5. The smallest absolute Gasteiger partial charge is 0.0633 e. The van der Waals surface area contributed by atoms with Crippen LogP contribution in [0.1, 0.15) is 87.3 Å². The maximum absolute atomic E-state index is 9.25. The van der Waals surface area contributed by atoms with Crippen LogP contribution in [0.2, 0.25) is 0 Å². The van der Waals surface area contributed by atoms with Gasteiger partial charge in [0.05, 0.1) is 18.8 Å². The maximum atomic E-state index is 9.25. The third kappa shape index (κ3) is 10.3. The molecule has 3 nitrogen and oxygen atoms in total. The summed E-state index contributed by atoms with van der Waals surface area (Å²) in [6, 6.07) is 4.40. The predicted molar refractivity (Wildman–Crippen MR) is 109 cm³/mol. The summed E-state index contributed by atoms with van der Waals surface area (Å²) < 4.78 is 0. The first-order valence-corrected chi connectivity index (χ1v) is 11.0. The van der Waals surface area contributed by atoms with E-state index in [2.05, 4.69) is 19.1 Å². The molecule has 0 aliphatic carbocycles. The summed E-state index contributed by atoms with van der Waals surface area (Å²) in [5.74, 6) is 0. The van der Waals surface area contributed by atoms with Gasteiger partial charge in [-0.05, 0) is 37.8 Å². The van der Waals surface area contributed by atoms with Crippen LogP contribution < -0.4 is 5.73 Å². The third-order valence-electron chi connectivity index (χ3n) is 4.99. The molecule has 4 N–H and O–H groups in total. The van der Waals surface area contributed by atoms with E-state index in [1.54, 1.807) is 0 Å². The molecule has 1 heterocycles. The van der Waals surface area contributed by atoms with Crippen molar-refractivity contribution in [3.8, 4) is 0 Å². The van der Waals surface area contributed by atoms with Gasteiger partial charge in [0.1, 0.15) is 0 Å². The second kappa shape index (κ2) is 13.7. The van der Waals surface area contributed by atoms with E-state index in [0.717, 1.165) is 6.42 Å². The Labute approximate surface area is 158 Å². The van der Waals surface area contributed by atoms with E-state index in [9.17, 15) is 10.2 Å². The Bertz CT molecular complexity index is 429. The molecule has 0 aliphatic heterocycles. The molecular weight excluding hydrogens is 330 g/mol. The van der Waals surface area contributed by atoms with Gasteiger partial charge in [-0.15, -0.1) is 11.3 Å². The molecule has 0 aliphatic rings. The summed E-state index contributed by atoms with van der Waals surface area (Å²) in [5.41, 5.74) is 5.08. The lowest BCUT2D eigenvalue weighted by molar-refractivity contribution is 0.115. The highest BCUT2D eigenvalue weighted by Gasteiger charge is 2.22. The Morgan fingerprint density at radius 2 is 1.28 bits per heavy atom. The van der Waals surface area contributed by atoms with Gasteiger partial charge in [-0.1, -0.05) is 64.7 Å². The Morgan fingerprint density at radius 3 is 1.80 bits per heavy atom. The fourth-order valence-corrected chi connectivity index (χ4v) is 4.12. The van der Waals surface area contributed by atoms with E-state index in [1.165, 1.54) is 80.4 Å². The van der Waals surface area contributed by atoms with E-state index in [0.29, 0.717) is 6.42 Å². The lowest BCUT2D eigenvalue weighted by atomic mass is 9.96. The minimum atomic E-state index is -0.847. The Kier molecular flexibility index (Phi) is 12.4. The average Bonchev–Trinajstić information content (AvgIpc) is 3.09. The van der Waals surface area contributed by atoms with Crippen molar-refractivity contribution in [2.24, 2.45) is 5.73 Å². The Balaban J connectivity index is 2.06. The highest BCUT2D eigenvalue weighted by molar-refractivity contribution is 7.11. The molecule has 0 atom stereocenters. The highest BCUT2D eigenvalue weighted by atomic mass is 32.1. The van der Waals surface area contributed by atoms with Crippen LogP contribution in [0.15, 0.2) is 12.1 Å². The molecule has 4 heteroatoms. The summed E-state index contributed by atoms with van der Waals surface area (Å²) in [4.78, 5) is 2.75. The van der Waals surface area contributed by atoms with Gasteiger partial charge in [-0.2, -0.15) is 0 Å². The monoisotopic (exact) mass is 369 g/mol. The van der Waals surface area contributed by atoms with Gasteiger partial charge in [-0.3, -0.25) is 0 Å². The normalized spacial score (nSPS) is 12.0. The molecule has 1 aromatic rings. The van der Waals surface area contributed by atoms with E-state index < -0.39 is 5.54 Å². The first-order chi connectivity index (χ1) is 12.1. The zero-order valence-electron chi connectivity index (χ0n) is 16.1. The number of hydrogen-bond acceptors (Lipinski definition) is 4. The average molecular weight is 370 g/mol. The lowest BCUT2D eigenvalue weighted by Gasteiger charge is -2.23. The molecule has 0 spiro atoms. The minimum Gasteiger partial charge on any atom is -0.394 e. The molecule has 1 aromatic heterocycles. The Morgan fingerprint density at radius 1 is 0.800 bits per heavy atom. The Hall–Kier alpha value is -0.420. The van der Waals surface area contributed by atoms with Gasteiger partial charge in [0.2, 0.25) is 0 Å². The van der Waals surface area contributed by atoms with Crippen molar-refractivity contribution in [3.05, 3.63) is 21.9 Å². The molecule has 0 saturated carbocycles. The maximum Gasteiger partial charge on any atom is 0.0633 e. The van der Waals surface area contributed by atoms with Gasteiger partial charge in [0.15, 0.2) is 0 Å². The molecule has 0 bridgehead atoms. The van der Waals surface area contributed by atoms with Crippen LogP contribution in [-0.2, 0) is 12.8 Å². The minimum absolute atomic E-state index is 0.166. The predicted octanol–water partition coefficient (Wildman–Crippen LogP) is 4.83. The number of thiophene rings is 1. The number of rotatable bonds is 16. The standard InChI is InChI=1S/C21H39NO2S/c1-2-3-4-5-6-7-8-9-10-11-12-19-13-14-20(25-19)15-16-21(22,17-23)18-24/h13-14,23-24H,2-12,15-18,22H2,1H3. The van der Waals surface area contributed by atoms with Crippen molar-refractivity contribution in [2.45, 2.75) is 95.9 Å². The van der Waals surface area contributed by atoms with Crippen molar-refractivity contribution in [1.29, 1.82) is 0 Å². The summed E-state index contributed by atoms with van der Waals surface area (Å²) in [7, 11) is 0. The second-order valence-electron chi connectivity index (χ2n) is 7.48. The van der Waals surface area contributed by atoms with E-state index in [-0.39, 0.29) is 13.2 Å². The fourth-order valence-electron chi connectivity index (χ4n) is 3.06. The van der Waals surface area contributed by atoms with Crippen LogP contribution in [0.25, 0.3) is 0 Å². The van der Waals surface area contributed by atoms with Crippen molar-refractivity contribution in [2.75, 3.05) is 13.2 Å². The van der Waals surface area contributed by atoms with Crippen molar-refractivity contribution < 1.29 is 10.2 Å². The molecule has 0 radical (unpaired) electrons. The molecule has 1 rings (SSSR count). The SMILES string of the molecule is CCCCCCCCCCCCc1ccc(CCC(N)(CO)CO)s1. The first-order valence-electron chi connectivity index (χ1n) is 10.2. The molecular formula is C21H39NO2S. The van der Waals surface area contributed by atoms with Gasteiger partial charge in [-0.25, -0.2) is 0 Å².